The molecule has 1 aromatic carbocycles. The van der Waals surface area contributed by atoms with Gasteiger partial charge in [0, 0.05) is 0 Å². The van der Waals surface area contributed by atoms with Gasteiger partial charge in [0.25, 0.3) is 0 Å². The van der Waals surface area contributed by atoms with E-state index in [0.717, 1.165) is 16.9 Å². The molecule has 0 aromatic heterocycles. The molecule has 0 aliphatic carbocycles. The van der Waals surface area contributed by atoms with Crippen molar-refractivity contribution >= 4 is 0 Å². The number of hydrogen-bond donors (Lipinski definition) is 0. The van der Waals surface area contributed by atoms with Crippen LogP contribution in [0.5, 0.6) is 0 Å². The number of ether oxygens (including phenoxy) is 1. The third kappa shape index (κ3) is 4.31. The maximum absolute atomic E-state index is 5.69. The standard InChI is InChI=1S/C16H20O/c1-5-9-16(13(2)3)14(4)17-12-15-10-7-6-8-11-15/h5-11,13H,1,4,12H2,2-3H3. The van der Waals surface area contributed by atoms with Crippen molar-refractivity contribution in [2.45, 2.75) is 20.5 Å². The van der Waals surface area contributed by atoms with E-state index < -0.39 is 0 Å². The molecule has 0 N–H and O–H groups in total. The Morgan fingerprint density at radius 2 is 1.94 bits per heavy atom. The van der Waals surface area contributed by atoms with Crippen molar-refractivity contribution in [2.24, 2.45) is 5.92 Å². The molecule has 1 rings (SSSR count). The van der Waals surface area contributed by atoms with Gasteiger partial charge in [-0.05, 0) is 17.1 Å². The lowest BCUT2D eigenvalue weighted by molar-refractivity contribution is 0.204. The van der Waals surface area contributed by atoms with E-state index in [1.54, 1.807) is 6.08 Å². The van der Waals surface area contributed by atoms with Crippen molar-refractivity contribution in [1.82, 2.24) is 0 Å². The molecule has 1 aromatic rings. The smallest absolute Gasteiger partial charge is 0.116 e. The minimum Gasteiger partial charge on any atom is -0.489 e. The van der Waals surface area contributed by atoms with Crippen LogP contribution in [-0.2, 0) is 11.3 Å². The van der Waals surface area contributed by atoms with Gasteiger partial charge in [0.05, 0.1) is 0 Å². The van der Waals surface area contributed by atoms with E-state index in [0.29, 0.717) is 12.5 Å². The van der Waals surface area contributed by atoms with Crippen LogP contribution in [0.2, 0.25) is 0 Å². The van der Waals surface area contributed by atoms with Crippen LogP contribution < -0.4 is 0 Å². The summed E-state index contributed by atoms with van der Waals surface area (Å²) in [5.41, 5.74) is 2.24. The lowest BCUT2D eigenvalue weighted by atomic mass is 10.0. The van der Waals surface area contributed by atoms with Crippen LogP contribution >= 0.6 is 0 Å². The fraction of sp³-hybridized carbons (Fsp3) is 0.250. The fourth-order valence-corrected chi connectivity index (χ4v) is 1.56. The summed E-state index contributed by atoms with van der Waals surface area (Å²) in [5.74, 6) is 1.11. The second kappa shape index (κ2) is 6.74. The van der Waals surface area contributed by atoms with E-state index in [4.69, 9.17) is 4.74 Å². The zero-order valence-corrected chi connectivity index (χ0v) is 10.6. The molecule has 0 amide bonds. The van der Waals surface area contributed by atoms with Gasteiger partial charge in [-0.2, -0.15) is 0 Å². The second-order valence-corrected chi connectivity index (χ2v) is 4.21. The van der Waals surface area contributed by atoms with Gasteiger partial charge in [0.15, 0.2) is 0 Å². The van der Waals surface area contributed by atoms with Crippen LogP contribution in [0.3, 0.4) is 0 Å². The van der Waals surface area contributed by atoms with Gasteiger partial charge in [-0.1, -0.05) is 69.5 Å². The van der Waals surface area contributed by atoms with Gasteiger partial charge in [-0.3, -0.25) is 0 Å². The molecule has 0 aliphatic heterocycles. The molecule has 0 aliphatic rings. The lowest BCUT2D eigenvalue weighted by Gasteiger charge is -2.15. The van der Waals surface area contributed by atoms with E-state index in [1.807, 2.05) is 36.4 Å². The molecule has 0 saturated heterocycles. The highest BCUT2D eigenvalue weighted by Gasteiger charge is 2.08. The maximum Gasteiger partial charge on any atom is 0.116 e. The van der Waals surface area contributed by atoms with Crippen molar-refractivity contribution < 1.29 is 4.74 Å². The Morgan fingerprint density at radius 1 is 1.29 bits per heavy atom. The molecule has 0 heterocycles. The first-order chi connectivity index (χ1) is 8.15. The third-order valence-corrected chi connectivity index (χ3v) is 2.50. The monoisotopic (exact) mass is 228 g/mol. The molecule has 0 unspecified atom stereocenters. The Morgan fingerprint density at radius 3 is 2.47 bits per heavy atom. The van der Waals surface area contributed by atoms with Gasteiger partial charge in [-0.25, -0.2) is 0 Å². The normalized spacial score (nSPS) is 11.4. The first-order valence-electron chi connectivity index (χ1n) is 5.83. The van der Waals surface area contributed by atoms with Gasteiger partial charge < -0.3 is 4.74 Å². The highest BCUT2D eigenvalue weighted by Crippen LogP contribution is 2.20. The molecule has 0 saturated carbocycles. The van der Waals surface area contributed by atoms with Crippen LogP contribution in [0, 0.1) is 5.92 Å². The van der Waals surface area contributed by atoms with Crippen molar-refractivity contribution in [2.75, 3.05) is 0 Å². The number of hydrogen-bond acceptors (Lipinski definition) is 1. The summed E-state index contributed by atoms with van der Waals surface area (Å²) in [5, 5.41) is 0. The molecule has 1 nitrogen and oxygen atoms in total. The molecule has 0 radical (unpaired) electrons. The zero-order chi connectivity index (χ0) is 12.7. The average molecular weight is 228 g/mol. The summed E-state index contributed by atoms with van der Waals surface area (Å²) in [7, 11) is 0. The van der Waals surface area contributed by atoms with E-state index in [1.165, 1.54) is 0 Å². The molecule has 90 valence electrons. The van der Waals surface area contributed by atoms with E-state index in [9.17, 15) is 0 Å². The van der Waals surface area contributed by atoms with E-state index in [2.05, 4.69) is 27.0 Å². The minimum absolute atomic E-state index is 0.385. The first kappa shape index (κ1) is 13.3. The summed E-state index contributed by atoms with van der Waals surface area (Å²) in [6, 6.07) is 10.1. The number of allylic oxidation sites excluding steroid dienone is 3. The highest BCUT2D eigenvalue weighted by atomic mass is 16.5. The molecular formula is C16H20O. The van der Waals surface area contributed by atoms with Crippen molar-refractivity contribution in [3.8, 4) is 0 Å². The van der Waals surface area contributed by atoms with Crippen LogP contribution in [0.4, 0.5) is 0 Å². The van der Waals surface area contributed by atoms with Gasteiger partial charge >= 0.3 is 0 Å². The van der Waals surface area contributed by atoms with Gasteiger partial charge in [-0.15, -0.1) is 0 Å². The Bertz CT molecular complexity index is 399. The SMILES string of the molecule is C=CC=C(C(=C)OCc1ccccc1)C(C)C. The summed E-state index contributed by atoms with van der Waals surface area (Å²) in [6.45, 7) is 12.5. The minimum atomic E-state index is 0.385. The Balaban J connectivity index is 2.60. The Hall–Kier alpha value is -1.76. The summed E-state index contributed by atoms with van der Waals surface area (Å²) in [6.07, 6.45) is 3.73. The van der Waals surface area contributed by atoms with Crippen LogP contribution in [0.25, 0.3) is 0 Å². The zero-order valence-electron chi connectivity index (χ0n) is 10.6. The van der Waals surface area contributed by atoms with E-state index >= 15 is 0 Å². The summed E-state index contributed by atoms with van der Waals surface area (Å²) >= 11 is 0. The predicted molar refractivity (Wildman–Crippen MR) is 73.5 cm³/mol. The summed E-state index contributed by atoms with van der Waals surface area (Å²) in [4.78, 5) is 0. The number of rotatable bonds is 6. The predicted octanol–water partition coefficient (Wildman–Crippen LogP) is 4.49. The summed E-state index contributed by atoms with van der Waals surface area (Å²) < 4.78 is 5.69. The van der Waals surface area contributed by atoms with Crippen LogP contribution in [-0.4, -0.2) is 0 Å². The molecule has 17 heavy (non-hydrogen) atoms. The number of benzene rings is 1. The molecule has 0 spiro atoms. The van der Waals surface area contributed by atoms with Crippen LogP contribution in [0.1, 0.15) is 19.4 Å². The molecule has 0 bridgehead atoms. The van der Waals surface area contributed by atoms with Crippen LogP contribution in [0.15, 0.2) is 67.0 Å². The lowest BCUT2D eigenvalue weighted by Crippen LogP contribution is -2.01. The largest absolute Gasteiger partial charge is 0.489 e. The van der Waals surface area contributed by atoms with E-state index in [-0.39, 0.29) is 0 Å². The third-order valence-electron chi connectivity index (χ3n) is 2.50. The highest BCUT2D eigenvalue weighted by molar-refractivity contribution is 5.28. The Labute approximate surface area is 104 Å². The first-order valence-corrected chi connectivity index (χ1v) is 5.83. The molecule has 0 atom stereocenters. The van der Waals surface area contributed by atoms with Crippen molar-refractivity contribution in [3.05, 3.63) is 72.5 Å². The quantitative estimate of drug-likeness (QED) is 0.515. The van der Waals surface area contributed by atoms with Crippen molar-refractivity contribution in [3.63, 3.8) is 0 Å². The molecule has 0 fully saturated rings. The fourth-order valence-electron chi connectivity index (χ4n) is 1.56. The topological polar surface area (TPSA) is 9.23 Å². The van der Waals surface area contributed by atoms with Gasteiger partial charge in [0.2, 0.25) is 0 Å². The average Bonchev–Trinajstić information content (AvgIpc) is 2.34. The maximum atomic E-state index is 5.69. The second-order valence-electron chi connectivity index (χ2n) is 4.21. The van der Waals surface area contributed by atoms with Crippen molar-refractivity contribution in [1.29, 1.82) is 0 Å². The van der Waals surface area contributed by atoms with Gasteiger partial charge in [0.1, 0.15) is 12.4 Å². The molecule has 1 heteroatoms. The molecular weight excluding hydrogens is 208 g/mol. The Kier molecular flexibility index (Phi) is 5.28.